The summed E-state index contributed by atoms with van der Waals surface area (Å²) in [5, 5.41) is 14.3. The lowest BCUT2D eigenvalue weighted by Gasteiger charge is -2.10. The second-order valence-electron chi connectivity index (χ2n) is 3.29. The summed E-state index contributed by atoms with van der Waals surface area (Å²) < 4.78 is 0. The summed E-state index contributed by atoms with van der Waals surface area (Å²) in [6.45, 7) is 2.25. The summed E-state index contributed by atoms with van der Waals surface area (Å²) >= 11 is 1.21. The van der Waals surface area contributed by atoms with Gasteiger partial charge in [0.25, 0.3) is 0 Å². The molecule has 1 aromatic rings. The fourth-order valence-corrected chi connectivity index (χ4v) is 1.95. The Morgan fingerprint density at radius 2 is 2.19 bits per heavy atom. The lowest BCUT2D eigenvalue weighted by atomic mass is 10.3. The van der Waals surface area contributed by atoms with E-state index in [1.807, 2.05) is 0 Å². The van der Waals surface area contributed by atoms with Gasteiger partial charge in [-0.25, -0.2) is 4.79 Å². The summed E-state index contributed by atoms with van der Waals surface area (Å²) in [7, 11) is 1.58. The van der Waals surface area contributed by atoms with Crippen LogP contribution < -0.4 is 10.6 Å². The van der Waals surface area contributed by atoms with Crippen molar-refractivity contribution in [1.82, 2.24) is 10.6 Å². The van der Waals surface area contributed by atoms with Gasteiger partial charge < -0.3 is 15.7 Å². The third-order valence-electron chi connectivity index (χ3n) is 2.09. The van der Waals surface area contributed by atoms with Crippen LogP contribution in [0.5, 0.6) is 0 Å². The van der Waals surface area contributed by atoms with Crippen LogP contribution in [-0.4, -0.2) is 30.1 Å². The van der Waals surface area contributed by atoms with E-state index >= 15 is 0 Å². The molecule has 0 spiro atoms. The highest BCUT2D eigenvalue weighted by molar-refractivity contribution is 7.13. The fourth-order valence-electron chi connectivity index (χ4n) is 1.15. The molecule has 0 aliphatic rings. The Balaban J connectivity index is 2.48. The Morgan fingerprint density at radius 1 is 1.50 bits per heavy atom. The van der Waals surface area contributed by atoms with Gasteiger partial charge in [-0.3, -0.25) is 4.79 Å². The number of carbonyl (C=O) groups excluding carboxylic acids is 1. The summed E-state index contributed by atoms with van der Waals surface area (Å²) in [5.41, 5.74) is 0. The largest absolute Gasteiger partial charge is 0.477 e. The molecule has 0 aromatic carbocycles. The number of aromatic carboxylic acids is 1. The van der Waals surface area contributed by atoms with Crippen LogP contribution in [0.4, 0.5) is 0 Å². The van der Waals surface area contributed by atoms with Crippen LogP contribution in [-0.2, 0) is 11.3 Å². The van der Waals surface area contributed by atoms with Crippen LogP contribution in [0.3, 0.4) is 0 Å². The Morgan fingerprint density at radius 3 is 2.69 bits per heavy atom. The molecule has 0 saturated heterocycles. The quantitative estimate of drug-likeness (QED) is 0.709. The molecule has 1 rings (SSSR count). The van der Waals surface area contributed by atoms with Gasteiger partial charge in [-0.2, -0.15) is 0 Å². The monoisotopic (exact) mass is 242 g/mol. The predicted octanol–water partition coefficient (Wildman–Crippen LogP) is 0.670. The fraction of sp³-hybridized carbons (Fsp3) is 0.400. The molecule has 1 amide bonds. The number of amides is 1. The maximum atomic E-state index is 11.2. The third kappa shape index (κ3) is 3.32. The molecule has 0 radical (unpaired) electrons. The minimum atomic E-state index is -0.921. The van der Waals surface area contributed by atoms with Crippen LogP contribution in [0.1, 0.15) is 21.5 Å². The molecule has 1 heterocycles. The van der Waals surface area contributed by atoms with Gasteiger partial charge in [0, 0.05) is 18.5 Å². The number of carboxylic acids is 1. The van der Waals surface area contributed by atoms with Crippen molar-refractivity contribution >= 4 is 23.2 Å². The van der Waals surface area contributed by atoms with E-state index in [0.717, 1.165) is 4.88 Å². The number of nitrogens with one attached hydrogen (secondary N) is 2. The van der Waals surface area contributed by atoms with Crippen LogP contribution in [0.15, 0.2) is 12.1 Å². The third-order valence-corrected chi connectivity index (χ3v) is 3.17. The number of carbonyl (C=O) groups is 2. The van der Waals surface area contributed by atoms with Gasteiger partial charge in [0.15, 0.2) is 0 Å². The van der Waals surface area contributed by atoms with Crippen molar-refractivity contribution in [2.24, 2.45) is 0 Å². The van der Waals surface area contributed by atoms with Crippen LogP contribution in [0.25, 0.3) is 0 Å². The van der Waals surface area contributed by atoms with Gasteiger partial charge in [-0.05, 0) is 19.1 Å². The molecular weight excluding hydrogens is 228 g/mol. The Hall–Kier alpha value is -1.40. The molecule has 1 atom stereocenters. The maximum Gasteiger partial charge on any atom is 0.345 e. The molecule has 3 N–H and O–H groups in total. The minimum absolute atomic E-state index is 0.0879. The van der Waals surface area contributed by atoms with E-state index in [-0.39, 0.29) is 11.9 Å². The van der Waals surface area contributed by atoms with Gasteiger partial charge in [-0.15, -0.1) is 11.3 Å². The van der Waals surface area contributed by atoms with Crippen molar-refractivity contribution < 1.29 is 14.7 Å². The Labute approximate surface area is 97.5 Å². The predicted molar refractivity (Wildman–Crippen MR) is 61.6 cm³/mol. The number of hydrogen-bond acceptors (Lipinski definition) is 4. The summed E-state index contributed by atoms with van der Waals surface area (Å²) in [5.74, 6) is -1.01. The first-order valence-corrected chi connectivity index (χ1v) is 5.63. The zero-order valence-corrected chi connectivity index (χ0v) is 9.93. The maximum absolute atomic E-state index is 11.2. The molecule has 0 aliphatic heterocycles. The summed E-state index contributed by atoms with van der Waals surface area (Å²) in [4.78, 5) is 23.0. The molecule has 0 bridgehead atoms. The minimum Gasteiger partial charge on any atom is -0.477 e. The van der Waals surface area contributed by atoms with Crippen LogP contribution in [0, 0.1) is 0 Å². The zero-order chi connectivity index (χ0) is 12.1. The van der Waals surface area contributed by atoms with Gasteiger partial charge in [0.1, 0.15) is 4.88 Å². The highest BCUT2D eigenvalue weighted by atomic mass is 32.1. The van der Waals surface area contributed by atoms with Crippen LogP contribution >= 0.6 is 11.3 Å². The molecule has 0 saturated carbocycles. The molecule has 88 valence electrons. The molecule has 0 fully saturated rings. The van der Waals surface area contributed by atoms with E-state index in [2.05, 4.69) is 10.6 Å². The van der Waals surface area contributed by atoms with E-state index in [0.29, 0.717) is 11.4 Å². The van der Waals surface area contributed by atoms with Crippen LogP contribution in [0.2, 0.25) is 0 Å². The highest BCUT2D eigenvalue weighted by Crippen LogP contribution is 2.16. The van der Waals surface area contributed by atoms with E-state index in [1.54, 1.807) is 26.1 Å². The SMILES string of the molecule is CNC(=O)C(C)NCc1ccc(C(=O)O)s1. The zero-order valence-electron chi connectivity index (χ0n) is 9.11. The summed E-state index contributed by atoms with van der Waals surface area (Å²) in [6, 6.07) is 3.02. The van der Waals surface area contributed by atoms with E-state index in [4.69, 9.17) is 5.11 Å². The normalized spacial score (nSPS) is 12.1. The Bertz CT molecular complexity index is 389. The van der Waals surface area contributed by atoms with Crippen molar-refractivity contribution in [2.45, 2.75) is 19.5 Å². The first-order valence-electron chi connectivity index (χ1n) is 4.81. The average Bonchev–Trinajstić information content (AvgIpc) is 2.73. The lowest BCUT2D eigenvalue weighted by molar-refractivity contribution is -0.122. The van der Waals surface area contributed by atoms with Crippen molar-refractivity contribution in [3.05, 3.63) is 21.9 Å². The number of hydrogen-bond donors (Lipinski definition) is 3. The molecule has 1 unspecified atom stereocenters. The van der Waals surface area contributed by atoms with Crippen molar-refractivity contribution in [1.29, 1.82) is 0 Å². The first-order chi connectivity index (χ1) is 7.54. The van der Waals surface area contributed by atoms with Gasteiger partial charge >= 0.3 is 5.97 Å². The van der Waals surface area contributed by atoms with Gasteiger partial charge in [-0.1, -0.05) is 0 Å². The topological polar surface area (TPSA) is 78.4 Å². The second kappa shape index (κ2) is 5.62. The molecule has 6 heteroatoms. The van der Waals surface area contributed by atoms with E-state index in [9.17, 15) is 9.59 Å². The summed E-state index contributed by atoms with van der Waals surface area (Å²) in [6.07, 6.45) is 0. The number of likely N-dealkylation sites (N-methyl/N-ethyl adjacent to an activating group) is 1. The number of thiophene rings is 1. The molecule has 16 heavy (non-hydrogen) atoms. The lowest BCUT2D eigenvalue weighted by Crippen LogP contribution is -2.40. The molecule has 1 aromatic heterocycles. The molecule has 0 aliphatic carbocycles. The standard InChI is InChI=1S/C10H14N2O3S/c1-6(9(13)11-2)12-5-7-3-4-8(16-7)10(14)15/h3-4,6,12H,5H2,1-2H3,(H,11,13)(H,14,15). The Kier molecular flexibility index (Phi) is 4.45. The van der Waals surface area contributed by atoms with Gasteiger partial charge in [0.05, 0.1) is 6.04 Å². The van der Waals surface area contributed by atoms with E-state index < -0.39 is 5.97 Å². The molecular formula is C10H14N2O3S. The number of rotatable bonds is 5. The highest BCUT2D eigenvalue weighted by Gasteiger charge is 2.11. The molecule has 5 nitrogen and oxygen atoms in total. The van der Waals surface area contributed by atoms with Gasteiger partial charge in [0.2, 0.25) is 5.91 Å². The second-order valence-corrected chi connectivity index (χ2v) is 4.46. The average molecular weight is 242 g/mol. The van der Waals surface area contributed by atoms with Crippen molar-refractivity contribution in [2.75, 3.05) is 7.05 Å². The van der Waals surface area contributed by atoms with E-state index in [1.165, 1.54) is 11.3 Å². The van der Waals surface area contributed by atoms with Crippen molar-refractivity contribution in [3.8, 4) is 0 Å². The first kappa shape index (κ1) is 12.7. The van der Waals surface area contributed by atoms with Crippen molar-refractivity contribution in [3.63, 3.8) is 0 Å². The smallest absolute Gasteiger partial charge is 0.345 e. The number of carboxylic acid groups (broad SMARTS) is 1.